The molecule has 0 bridgehead atoms. The van der Waals surface area contributed by atoms with Gasteiger partial charge >= 0.3 is 0 Å². The minimum absolute atomic E-state index is 0.401. The van der Waals surface area contributed by atoms with Crippen LogP contribution in [0, 0.1) is 5.92 Å². The zero-order valence-corrected chi connectivity index (χ0v) is 11.9. The minimum atomic E-state index is -0.424. The first-order chi connectivity index (χ1) is 8.65. The van der Waals surface area contributed by atoms with Crippen molar-refractivity contribution >= 4 is 0 Å². The van der Waals surface area contributed by atoms with Crippen molar-refractivity contribution in [3.05, 3.63) is 11.7 Å². The maximum Gasteiger partial charge on any atom is 0.227 e. The summed E-state index contributed by atoms with van der Waals surface area (Å²) < 4.78 is 10.9. The molecule has 0 saturated heterocycles. The molecule has 5 nitrogen and oxygen atoms in total. The van der Waals surface area contributed by atoms with Crippen LogP contribution in [-0.4, -0.2) is 23.8 Å². The monoisotopic (exact) mass is 255 g/mol. The van der Waals surface area contributed by atoms with Crippen LogP contribution in [0.4, 0.5) is 0 Å². The Morgan fingerprint density at radius 3 is 2.44 bits per heavy atom. The molecule has 1 unspecified atom stereocenters. The highest BCUT2D eigenvalue weighted by Crippen LogP contribution is 2.30. The van der Waals surface area contributed by atoms with E-state index in [1.165, 1.54) is 0 Å². The lowest BCUT2D eigenvalue weighted by Gasteiger charge is -2.25. The van der Waals surface area contributed by atoms with Crippen LogP contribution in [0.1, 0.15) is 51.7 Å². The number of rotatable bonds is 8. The van der Waals surface area contributed by atoms with Crippen LogP contribution < -0.4 is 5.73 Å². The van der Waals surface area contributed by atoms with Gasteiger partial charge in [-0.15, -0.1) is 0 Å². The highest BCUT2D eigenvalue weighted by Gasteiger charge is 2.33. The van der Waals surface area contributed by atoms with Gasteiger partial charge in [0.15, 0.2) is 0 Å². The average Bonchev–Trinajstić information content (AvgIpc) is 2.88. The van der Waals surface area contributed by atoms with Crippen LogP contribution in [0.25, 0.3) is 0 Å². The number of ether oxygens (including phenoxy) is 1. The molecule has 0 radical (unpaired) electrons. The van der Waals surface area contributed by atoms with E-state index >= 15 is 0 Å². The van der Waals surface area contributed by atoms with Gasteiger partial charge in [-0.3, -0.25) is 0 Å². The van der Waals surface area contributed by atoms with Gasteiger partial charge in [-0.05, 0) is 25.3 Å². The lowest BCUT2D eigenvalue weighted by atomic mass is 9.96. The van der Waals surface area contributed by atoms with Gasteiger partial charge < -0.3 is 15.0 Å². The van der Waals surface area contributed by atoms with E-state index in [1.54, 1.807) is 7.11 Å². The molecule has 0 aliphatic rings. The summed E-state index contributed by atoms with van der Waals surface area (Å²) in [5.74, 6) is 1.71. The van der Waals surface area contributed by atoms with E-state index in [2.05, 4.69) is 30.9 Å². The fraction of sp³-hybridized carbons (Fsp3) is 0.846. The van der Waals surface area contributed by atoms with Gasteiger partial charge in [-0.25, -0.2) is 0 Å². The first kappa shape index (κ1) is 15.1. The van der Waals surface area contributed by atoms with E-state index in [0.29, 0.717) is 24.2 Å². The van der Waals surface area contributed by atoms with Crippen molar-refractivity contribution < 1.29 is 9.26 Å². The van der Waals surface area contributed by atoms with Crippen molar-refractivity contribution in [3.63, 3.8) is 0 Å². The Labute approximate surface area is 109 Å². The zero-order valence-electron chi connectivity index (χ0n) is 11.9. The second kappa shape index (κ2) is 6.85. The number of nitrogens with zero attached hydrogens (tertiary/aromatic N) is 2. The van der Waals surface area contributed by atoms with Crippen LogP contribution in [0.3, 0.4) is 0 Å². The Balaban J connectivity index is 2.84. The average molecular weight is 255 g/mol. The third kappa shape index (κ3) is 3.09. The number of aromatic nitrogens is 2. The van der Waals surface area contributed by atoms with Gasteiger partial charge in [-0.2, -0.15) is 4.98 Å². The van der Waals surface area contributed by atoms with Crippen LogP contribution in [-0.2, 0) is 16.8 Å². The van der Waals surface area contributed by atoms with Crippen molar-refractivity contribution in [2.24, 2.45) is 11.7 Å². The third-order valence-electron chi connectivity index (χ3n) is 3.78. The van der Waals surface area contributed by atoms with Gasteiger partial charge in [0.2, 0.25) is 11.7 Å². The lowest BCUT2D eigenvalue weighted by molar-refractivity contribution is -0.0306. The number of hydrogen-bond acceptors (Lipinski definition) is 5. The first-order valence-corrected chi connectivity index (χ1v) is 6.73. The van der Waals surface area contributed by atoms with E-state index in [-0.39, 0.29) is 0 Å². The number of hydrogen-bond donors (Lipinski definition) is 1. The van der Waals surface area contributed by atoms with E-state index in [4.69, 9.17) is 15.0 Å². The fourth-order valence-electron chi connectivity index (χ4n) is 2.11. The standard InChI is InChI=1S/C13H25N3O2/c1-5-10(9-14)8-11-15-12(16-18-11)13(6-2,7-3)17-4/h10H,5-9,14H2,1-4H3. The Kier molecular flexibility index (Phi) is 5.75. The molecule has 1 rings (SSSR count). The molecule has 18 heavy (non-hydrogen) atoms. The van der Waals surface area contributed by atoms with E-state index in [0.717, 1.165) is 25.7 Å². The second-order valence-corrected chi connectivity index (χ2v) is 4.63. The van der Waals surface area contributed by atoms with E-state index < -0.39 is 5.60 Å². The molecule has 5 heteroatoms. The first-order valence-electron chi connectivity index (χ1n) is 6.73. The minimum Gasteiger partial charge on any atom is -0.370 e. The summed E-state index contributed by atoms with van der Waals surface area (Å²) in [6, 6.07) is 0. The SMILES string of the molecule is CCC(CN)Cc1nc(C(CC)(CC)OC)no1. The summed E-state index contributed by atoms with van der Waals surface area (Å²) in [7, 11) is 1.69. The topological polar surface area (TPSA) is 74.2 Å². The molecule has 104 valence electrons. The quantitative estimate of drug-likeness (QED) is 0.771. The zero-order chi connectivity index (χ0) is 13.6. The second-order valence-electron chi connectivity index (χ2n) is 4.63. The summed E-state index contributed by atoms with van der Waals surface area (Å²) in [4.78, 5) is 4.47. The van der Waals surface area contributed by atoms with Crippen molar-refractivity contribution in [2.75, 3.05) is 13.7 Å². The van der Waals surface area contributed by atoms with Gasteiger partial charge in [0.25, 0.3) is 0 Å². The predicted molar refractivity (Wildman–Crippen MR) is 70.1 cm³/mol. The maximum atomic E-state index is 5.69. The molecule has 1 aromatic rings. The number of nitrogens with two attached hydrogens (primary N) is 1. The third-order valence-corrected chi connectivity index (χ3v) is 3.78. The van der Waals surface area contributed by atoms with Crippen LogP contribution in [0.2, 0.25) is 0 Å². The Hall–Kier alpha value is -0.940. The molecule has 2 N–H and O–H groups in total. The molecule has 0 spiro atoms. The van der Waals surface area contributed by atoms with Crippen LogP contribution in [0.5, 0.6) is 0 Å². The largest absolute Gasteiger partial charge is 0.370 e. The molecule has 1 heterocycles. The van der Waals surface area contributed by atoms with Crippen LogP contribution in [0.15, 0.2) is 4.52 Å². The van der Waals surface area contributed by atoms with Crippen molar-refractivity contribution in [2.45, 2.75) is 52.1 Å². The summed E-state index contributed by atoms with van der Waals surface area (Å²) >= 11 is 0. The fourth-order valence-corrected chi connectivity index (χ4v) is 2.11. The highest BCUT2D eigenvalue weighted by atomic mass is 16.5. The Morgan fingerprint density at radius 1 is 1.33 bits per heavy atom. The molecule has 1 aromatic heterocycles. The van der Waals surface area contributed by atoms with Crippen molar-refractivity contribution in [3.8, 4) is 0 Å². The molecule has 0 aliphatic carbocycles. The molecular formula is C13H25N3O2. The molecule has 0 saturated carbocycles. The molecule has 1 atom stereocenters. The van der Waals surface area contributed by atoms with Crippen LogP contribution >= 0.6 is 0 Å². The maximum absolute atomic E-state index is 5.69. The smallest absolute Gasteiger partial charge is 0.227 e. The summed E-state index contributed by atoms with van der Waals surface area (Å²) in [5, 5.41) is 4.07. The lowest BCUT2D eigenvalue weighted by Crippen LogP contribution is -2.28. The summed E-state index contributed by atoms with van der Waals surface area (Å²) in [5.41, 5.74) is 5.26. The molecule has 0 amide bonds. The number of methoxy groups -OCH3 is 1. The molecule has 0 aliphatic heterocycles. The Bertz CT molecular complexity index is 335. The van der Waals surface area contributed by atoms with Gasteiger partial charge in [0, 0.05) is 13.5 Å². The predicted octanol–water partition coefficient (Wildman–Crippen LogP) is 2.26. The molecule has 0 aromatic carbocycles. The van der Waals surface area contributed by atoms with Gasteiger partial charge in [-0.1, -0.05) is 32.3 Å². The van der Waals surface area contributed by atoms with E-state index in [1.807, 2.05) is 0 Å². The van der Waals surface area contributed by atoms with Crippen molar-refractivity contribution in [1.29, 1.82) is 0 Å². The van der Waals surface area contributed by atoms with Crippen molar-refractivity contribution in [1.82, 2.24) is 10.1 Å². The van der Waals surface area contributed by atoms with E-state index in [9.17, 15) is 0 Å². The highest BCUT2D eigenvalue weighted by molar-refractivity contribution is 5.01. The van der Waals surface area contributed by atoms with Gasteiger partial charge in [0.1, 0.15) is 5.60 Å². The van der Waals surface area contributed by atoms with Gasteiger partial charge in [0.05, 0.1) is 0 Å². The molecular weight excluding hydrogens is 230 g/mol. The Morgan fingerprint density at radius 2 is 2.00 bits per heavy atom. The summed E-state index contributed by atoms with van der Waals surface area (Å²) in [6.07, 6.45) is 3.42. The normalized spacial score (nSPS) is 13.8. The molecule has 0 fully saturated rings. The summed E-state index contributed by atoms with van der Waals surface area (Å²) in [6.45, 7) is 6.90.